The average Bonchev–Trinajstić information content (AvgIpc) is 2.72. The van der Waals surface area contributed by atoms with Crippen LogP contribution in [0.4, 0.5) is 0 Å². The number of benzene rings is 1. The summed E-state index contributed by atoms with van der Waals surface area (Å²) in [7, 11) is 0. The van der Waals surface area contributed by atoms with Crippen LogP contribution < -0.4 is 10.6 Å². The fourth-order valence-electron chi connectivity index (χ4n) is 2.51. The molecule has 3 rings (SSSR count). The van der Waals surface area contributed by atoms with Gasteiger partial charge in [0.15, 0.2) is 0 Å². The van der Waals surface area contributed by atoms with Gasteiger partial charge in [0, 0.05) is 36.7 Å². The van der Waals surface area contributed by atoms with Crippen LogP contribution >= 0.6 is 12.4 Å². The Balaban J connectivity index is 0.00000147. The molecule has 2 aromatic rings. The fourth-order valence-corrected chi connectivity index (χ4v) is 2.51. The minimum absolute atomic E-state index is 0. The Kier molecular flexibility index (Phi) is 4.68. The van der Waals surface area contributed by atoms with Gasteiger partial charge < -0.3 is 15.6 Å². The number of rotatable bonds is 4. The van der Waals surface area contributed by atoms with Crippen LogP contribution in [0.25, 0.3) is 10.9 Å². The number of fused-ring (bicyclic) bond motifs is 1. The standard InChI is InChI=1S/C15H19N3O.ClH/c1-10-3-2-4-13-11(9-18-14(10)13)5-6-17-15(19)12-7-16-8-12;/h2-4,9,12,16,18H,5-8H2,1H3,(H,17,19);1H. The zero-order valence-electron chi connectivity index (χ0n) is 11.5. The van der Waals surface area contributed by atoms with Crippen molar-refractivity contribution in [3.8, 4) is 0 Å². The number of carbonyl (C=O) groups excluding carboxylic acids is 1. The first-order chi connectivity index (χ1) is 9.25. The average molecular weight is 294 g/mol. The highest BCUT2D eigenvalue weighted by atomic mass is 35.5. The maximum Gasteiger partial charge on any atom is 0.225 e. The predicted octanol–water partition coefficient (Wildman–Crippen LogP) is 1.78. The molecule has 1 amide bonds. The third kappa shape index (κ3) is 2.81. The molecule has 0 aliphatic carbocycles. The maximum absolute atomic E-state index is 11.7. The Labute approximate surface area is 124 Å². The van der Waals surface area contributed by atoms with E-state index in [1.807, 2.05) is 0 Å². The van der Waals surface area contributed by atoms with E-state index in [1.54, 1.807) is 0 Å². The number of nitrogens with one attached hydrogen (secondary N) is 3. The largest absolute Gasteiger partial charge is 0.361 e. The Morgan fingerprint density at radius 2 is 2.20 bits per heavy atom. The smallest absolute Gasteiger partial charge is 0.225 e. The van der Waals surface area contributed by atoms with Gasteiger partial charge in [0.2, 0.25) is 5.91 Å². The normalized spacial score (nSPS) is 14.7. The Hall–Kier alpha value is -1.52. The molecule has 1 aliphatic heterocycles. The van der Waals surface area contributed by atoms with Crippen LogP contribution in [0, 0.1) is 12.8 Å². The molecule has 20 heavy (non-hydrogen) atoms. The third-order valence-corrected chi connectivity index (χ3v) is 3.86. The first kappa shape index (κ1) is 14.9. The van der Waals surface area contributed by atoms with Crippen molar-refractivity contribution < 1.29 is 4.79 Å². The summed E-state index contributed by atoms with van der Waals surface area (Å²) in [5.74, 6) is 0.347. The van der Waals surface area contributed by atoms with E-state index < -0.39 is 0 Å². The van der Waals surface area contributed by atoms with E-state index in [9.17, 15) is 4.79 Å². The second-order valence-corrected chi connectivity index (χ2v) is 5.21. The molecule has 0 bridgehead atoms. The number of hydrogen-bond donors (Lipinski definition) is 3. The highest BCUT2D eigenvalue weighted by molar-refractivity contribution is 5.86. The Morgan fingerprint density at radius 3 is 2.90 bits per heavy atom. The van der Waals surface area contributed by atoms with Crippen molar-refractivity contribution in [1.82, 2.24) is 15.6 Å². The van der Waals surface area contributed by atoms with Crippen molar-refractivity contribution in [2.75, 3.05) is 19.6 Å². The van der Waals surface area contributed by atoms with E-state index in [0.29, 0.717) is 6.54 Å². The molecule has 4 nitrogen and oxygen atoms in total. The lowest BCUT2D eigenvalue weighted by Crippen LogP contribution is -2.51. The molecule has 0 unspecified atom stereocenters. The summed E-state index contributed by atoms with van der Waals surface area (Å²) in [6, 6.07) is 6.31. The maximum atomic E-state index is 11.7. The summed E-state index contributed by atoms with van der Waals surface area (Å²) >= 11 is 0. The highest BCUT2D eigenvalue weighted by Crippen LogP contribution is 2.21. The molecule has 0 spiro atoms. The molecule has 0 saturated carbocycles. The molecule has 2 heterocycles. The van der Waals surface area contributed by atoms with E-state index in [2.05, 4.69) is 46.9 Å². The summed E-state index contributed by atoms with van der Waals surface area (Å²) < 4.78 is 0. The second-order valence-electron chi connectivity index (χ2n) is 5.21. The van der Waals surface area contributed by atoms with Crippen LogP contribution in [0.1, 0.15) is 11.1 Å². The van der Waals surface area contributed by atoms with Gasteiger partial charge in [0.05, 0.1) is 5.92 Å². The fraction of sp³-hybridized carbons (Fsp3) is 0.400. The lowest BCUT2D eigenvalue weighted by molar-refractivity contribution is -0.126. The molecule has 1 aromatic carbocycles. The third-order valence-electron chi connectivity index (χ3n) is 3.86. The number of H-pyrrole nitrogens is 1. The number of para-hydroxylation sites is 1. The first-order valence-corrected chi connectivity index (χ1v) is 6.79. The number of hydrogen-bond acceptors (Lipinski definition) is 2. The van der Waals surface area contributed by atoms with Gasteiger partial charge in [0.1, 0.15) is 0 Å². The van der Waals surface area contributed by atoms with Gasteiger partial charge in [-0.1, -0.05) is 18.2 Å². The van der Waals surface area contributed by atoms with Crippen LogP contribution in [-0.4, -0.2) is 30.5 Å². The highest BCUT2D eigenvalue weighted by Gasteiger charge is 2.24. The number of amides is 1. The second kappa shape index (κ2) is 6.29. The van der Waals surface area contributed by atoms with Crippen molar-refractivity contribution in [3.63, 3.8) is 0 Å². The van der Waals surface area contributed by atoms with E-state index in [1.165, 1.54) is 22.0 Å². The van der Waals surface area contributed by atoms with Crippen LogP contribution in [0.3, 0.4) is 0 Å². The number of aromatic amines is 1. The molecule has 3 N–H and O–H groups in total. The monoisotopic (exact) mass is 293 g/mol. The summed E-state index contributed by atoms with van der Waals surface area (Å²) in [6.07, 6.45) is 2.92. The van der Waals surface area contributed by atoms with Gasteiger partial charge in [-0.15, -0.1) is 12.4 Å². The van der Waals surface area contributed by atoms with Gasteiger partial charge in [-0.25, -0.2) is 0 Å². The SMILES string of the molecule is Cc1cccc2c(CCNC(=O)C3CNC3)c[nH]c12.Cl. The zero-order valence-corrected chi connectivity index (χ0v) is 12.3. The lowest BCUT2D eigenvalue weighted by Gasteiger charge is -2.25. The molecule has 0 radical (unpaired) electrons. The molecule has 108 valence electrons. The van der Waals surface area contributed by atoms with Crippen molar-refractivity contribution >= 4 is 29.2 Å². The summed E-state index contributed by atoms with van der Waals surface area (Å²) in [4.78, 5) is 15.0. The van der Waals surface area contributed by atoms with Gasteiger partial charge in [-0.3, -0.25) is 4.79 Å². The van der Waals surface area contributed by atoms with Gasteiger partial charge in [-0.05, 0) is 24.5 Å². The number of aromatic nitrogens is 1. The van der Waals surface area contributed by atoms with Crippen LogP contribution in [0.5, 0.6) is 0 Å². The molecular weight excluding hydrogens is 274 g/mol. The van der Waals surface area contributed by atoms with E-state index in [0.717, 1.165) is 19.5 Å². The van der Waals surface area contributed by atoms with Crippen LogP contribution in [0.2, 0.25) is 0 Å². The van der Waals surface area contributed by atoms with E-state index in [4.69, 9.17) is 0 Å². The van der Waals surface area contributed by atoms with E-state index in [-0.39, 0.29) is 24.2 Å². The molecule has 1 fully saturated rings. The van der Waals surface area contributed by atoms with Gasteiger partial charge >= 0.3 is 0 Å². The van der Waals surface area contributed by atoms with Crippen LogP contribution in [0.15, 0.2) is 24.4 Å². The molecule has 1 aliphatic rings. The minimum atomic E-state index is 0. The molecule has 1 aromatic heterocycles. The van der Waals surface area contributed by atoms with Crippen molar-refractivity contribution in [1.29, 1.82) is 0 Å². The van der Waals surface area contributed by atoms with Crippen molar-refractivity contribution in [2.45, 2.75) is 13.3 Å². The molecular formula is C15H20ClN3O. The topological polar surface area (TPSA) is 56.9 Å². The molecule has 1 saturated heterocycles. The predicted molar refractivity (Wildman–Crippen MR) is 83.4 cm³/mol. The summed E-state index contributed by atoms with van der Waals surface area (Å²) in [5, 5.41) is 7.38. The van der Waals surface area contributed by atoms with Gasteiger partial charge in [0.25, 0.3) is 0 Å². The first-order valence-electron chi connectivity index (χ1n) is 6.79. The lowest BCUT2D eigenvalue weighted by atomic mass is 10.0. The minimum Gasteiger partial charge on any atom is -0.361 e. The number of carbonyl (C=O) groups is 1. The molecule has 0 atom stereocenters. The summed E-state index contributed by atoms with van der Waals surface area (Å²) in [6.45, 7) is 4.44. The van der Waals surface area contributed by atoms with Crippen molar-refractivity contribution in [2.24, 2.45) is 5.92 Å². The summed E-state index contributed by atoms with van der Waals surface area (Å²) in [5.41, 5.74) is 3.73. The Bertz CT molecular complexity index is 604. The quantitative estimate of drug-likeness (QED) is 0.805. The van der Waals surface area contributed by atoms with Gasteiger partial charge in [-0.2, -0.15) is 0 Å². The molecule has 5 heteroatoms. The van der Waals surface area contributed by atoms with Crippen molar-refractivity contribution in [3.05, 3.63) is 35.5 Å². The number of aryl methyl sites for hydroxylation is 1. The zero-order chi connectivity index (χ0) is 13.2. The van der Waals surface area contributed by atoms with Crippen LogP contribution in [-0.2, 0) is 11.2 Å². The number of halogens is 1. The Morgan fingerprint density at radius 1 is 1.40 bits per heavy atom. The van der Waals surface area contributed by atoms with E-state index >= 15 is 0 Å².